The molecule has 0 aliphatic rings. The minimum atomic E-state index is -0.566. The highest BCUT2D eigenvalue weighted by Gasteiger charge is 2.14. The van der Waals surface area contributed by atoms with Crippen LogP contribution in [0.5, 0.6) is 5.75 Å². The van der Waals surface area contributed by atoms with Crippen molar-refractivity contribution in [3.63, 3.8) is 0 Å². The molecule has 0 N–H and O–H groups in total. The highest BCUT2D eigenvalue weighted by Crippen LogP contribution is 2.27. The van der Waals surface area contributed by atoms with E-state index in [1.54, 1.807) is 31.3 Å². The molecule has 0 spiro atoms. The van der Waals surface area contributed by atoms with Gasteiger partial charge in [-0.05, 0) is 36.8 Å². The molecule has 0 radical (unpaired) electrons. The van der Waals surface area contributed by atoms with Gasteiger partial charge >= 0.3 is 11.6 Å². The third-order valence-electron chi connectivity index (χ3n) is 4.34. The number of fused-ring (bicyclic) bond motifs is 1. The molecule has 0 saturated carbocycles. The summed E-state index contributed by atoms with van der Waals surface area (Å²) in [5.74, 6) is -0.0832. The summed E-state index contributed by atoms with van der Waals surface area (Å²) in [6.45, 7) is 3.04. The van der Waals surface area contributed by atoms with Gasteiger partial charge in [0.15, 0.2) is 5.69 Å². The Hall–Kier alpha value is -4.00. The first-order valence-electron chi connectivity index (χ1n) is 8.93. The maximum absolute atomic E-state index is 12.5. The first-order chi connectivity index (χ1) is 14.0. The molecule has 0 fully saturated rings. The largest absolute Gasteiger partial charge is 0.426 e. The summed E-state index contributed by atoms with van der Waals surface area (Å²) in [6.07, 6.45) is 5.38. The van der Waals surface area contributed by atoms with Gasteiger partial charge in [0.05, 0.1) is 6.20 Å². The van der Waals surface area contributed by atoms with Gasteiger partial charge in [0, 0.05) is 17.9 Å². The van der Waals surface area contributed by atoms with E-state index < -0.39 is 11.6 Å². The molecular weight excluding hydrogens is 370 g/mol. The second-order valence-electron chi connectivity index (χ2n) is 6.45. The molecule has 2 aromatic carbocycles. The number of carbonyl (C=O) groups excluding carboxylic acids is 1. The van der Waals surface area contributed by atoms with Gasteiger partial charge < -0.3 is 9.15 Å². The predicted molar refractivity (Wildman–Crippen MR) is 109 cm³/mol. The van der Waals surface area contributed by atoms with Crippen LogP contribution in [0.25, 0.3) is 28.8 Å². The molecule has 144 valence electrons. The number of hydrogen-bond donors (Lipinski definition) is 0. The zero-order valence-corrected chi connectivity index (χ0v) is 15.8. The van der Waals surface area contributed by atoms with Crippen molar-refractivity contribution in [1.82, 2.24) is 15.0 Å². The summed E-state index contributed by atoms with van der Waals surface area (Å²) in [7, 11) is 0. The molecule has 0 saturated heterocycles. The Bertz CT molecular complexity index is 1290. The summed E-state index contributed by atoms with van der Waals surface area (Å²) in [4.78, 5) is 23.7. The summed E-state index contributed by atoms with van der Waals surface area (Å²) >= 11 is 0. The van der Waals surface area contributed by atoms with Crippen LogP contribution in [0.2, 0.25) is 0 Å². The average molecular weight is 387 g/mol. The number of rotatable bonds is 4. The summed E-state index contributed by atoms with van der Waals surface area (Å²) in [6, 6.07) is 14.9. The zero-order valence-electron chi connectivity index (χ0n) is 15.8. The standard InChI is InChI=1S/C22H17N3O4/c1-14-20(28-15(2)26)11-9-17-12-19(22(27)29-21(14)17)25-13-18(23-24-25)10-8-16-6-4-3-5-7-16/h3-13H,1-2H3/b10-8+. The Labute approximate surface area is 165 Å². The van der Waals surface area contributed by atoms with E-state index in [2.05, 4.69) is 10.3 Å². The Morgan fingerprint density at radius 3 is 2.69 bits per heavy atom. The molecule has 4 rings (SSSR count). The number of aromatic nitrogens is 3. The van der Waals surface area contributed by atoms with Crippen LogP contribution >= 0.6 is 0 Å². The summed E-state index contributed by atoms with van der Waals surface area (Å²) in [5.41, 5.74) is 2.25. The van der Waals surface area contributed by atoms with Gasteiger partial charge in [-0.2, -0.15) is 0 Å². The van der Waals surface area contributed by atoms with Crippen LogP contribution in [-0.2, 0) is 4.79 Å². The van der Waals surface area contributed by atoms with Crippen LogP contribution < -0.4 is 10.4 Å². The van der Waals surface area contributed by atoms with Gasteiger partial charge in [-0.1, -0.05) is 41.6 Å². The molecule has 0 atom stereocenters. The third-order valence-corrected chi connectivity index (χ3v) is 4.34. The monoisotopic (exact) mass is 387 g/mol. The first kappa shape index (κ1) is 18.4. The number of esters is 1. The van der Waals surface area contributed by atoms with Gasteiger partial charge in [-0.15, -0.1) is 5.10 Å². The van der Waals surface area contributed by atoms with E-state index >= 15 is 0 Å². The van der Waals surface area contributed by atoms with Gasteiger partial charge in [0.1, 0.15) is 17.0 Å². The van der Waals surface area contributed by atoms with Gasteiger partial charge in [-0.3, -0.25) is 4.79 Å². The molecule has 0 unspecified atom stereocenters. The fourth-order valence-electron chi connectivity index (χ4n) is 2.94. The smallest absolute Gasteiger partial charge is 0.362 e. The lowest BCUT2D eigenvalue weighted by atomic mass is 10.1. The highest BCUT2D eigenvalue weighted by atomic mass is 16.5. The van der Waals surface area contributed by atoms with E-state index in [4.69, 9.17) is 9.15 Å². The number of benzene rings is 2. The molecule has 0 amide bonds. The molecule has 0 bridgehead atoms. The molecule has 0 aliphatic heterocycles. The van der Waals surface area contributed by atoms with Gasteiger partial charge in [0.2, 0.25) is 0 Å². The van der Waals surface area contributed by atoms with Crippen molar-refractivity contribution in [2.24, 2.45) is 0 Å². The van der Waals surface area contributed by atoms with E-state index in [0.717, 1.165) is 5.56 Å². The average Bonchev–Trinajstić information content (AvgIpc) is 3.18. The fourth-order valence-corrected chi connectivity index (χ4v) is 2.94. The van der Waals surface area contributed by atoms with Crippen LogP contribution in [0.3, 0.4) is 0 Å². The molecule has 7 heteroatoms. The lowest BCUT2D eigenvalue weighted by Gasteiger charge is -2.08. The number of aryl methyl sites for hydroxylation is 1. The normalized spacial score (nSPS) is 11.2. The maximum Gasteiger partial charge on any atom is 0.362 e. The molecule has 0 aliphatic carbocycles. The van der Waals surface area contributed by atoms with E-state index in [1.165, 1.54) is 11.6 Å². The van der Waals surface area contributed by atoms with Crippen molar-refractivity contribution in [2.45, 2.75) is 13.8 Å². The third kappa shape index (κ3) is 3.84. The van der Waals surface area contributed by atoms with E-state index in [-0.39, 0.29) is 5.69 Å². The minimum absolute atomic E-state index is 0.240. The van der Waals surface area contributed by atoms with Crippen molar-refractivity contribution in [3.8, 4) is 11.4 Å². The predicted octanol–water partition coefficient (Wildman–Crippen LogP) is 3.78. The Morgan fingerprint density at radius 1 is 1.14 bits per heavy atom. The van der Waals surface area contributed by atoms with Crippen LogP contribution in [-0.4, -0.2) is 21.0 Å². The molecular formula is C22H17N3O4. The second-order valence-corrected chi connectivity index (χ2v) is 6.45. The fraction of sp³-hybridized carbons (Fsp3) is 0.0909. The van der Waals surface area contributed by atoms with Crippen molar-refractivity contribution in [2.75, 3.05) is 0 Å². The number of carbonyl (C=O) groups is 1. The lowest BCUT2D eigenvalue weighted by molar-refractivity contribution is -0.131. The van der Waals surface area contributed by atoms with Crippen LogP contribution in [0, 0.1) is 6.92 Å². The number of ether oxygens (including phenoxy) is 1. The van der Waals surface area contributed by atoms with E-state index in [9.17, 15) is 9.59 Å². The molecule has 7 nitrogen and oxygen atoms in total. The van der Waals surface area contributed by atoms with E-state index in [1.807, 2.05) is 42.5 Å². The Balaban J connectivity index is 1.69. The van der Waals surface area contributed by atoms with Crippen molar-refractivity contribution < 1.29 is 13.9 Å². The molecule has 29 heavy (non-hydrogen) atoms. The topological polar surface area (TPSA) is 87.2 Å². The highest BCUT2D eigenvalue weighted by molar-refractivity contribution is 5.84. The van der Waals surface area contributed by atoms with Crippen LogP contribution in [0.1, 0.15) is 23.7 Å². The number of hydrogen-bond acceptors (Lipinski definition) is 6. The summed E-state index contributed by atoms with van der Waals surface area (Å²) in [5, 5.41) is 8.80. The molecule has 2 aromatic heterocycles. The van der Waals surface area contributed by atoms with E-state index in [0.29, 0.717) is 28.0 Å². The zero-order chi connectivity index (χ0) is 20.4. The number of nitrogens with zero attached hydrogens (tertiary/aromatic N) is 3. The van der Waals surface area contributed by atoms with Crippen molar-refractivity contribution in [3.05, 3.63) is 82.0 Å². The molecule has 2 heterocycles. The Kier molecular flexibility index (Phi) is 4.78. The van der Waals surface area contributed by atoms with Crippen molar-refractivity contribution in [1.29, 1.82) is 0 Å². The second kappa shape index (κ2) is 7.55. The Morgan fingerprint density at radius 2 is 1.93 bits per heavy atom. The summed E-state index contributed by atoms with van der Waals surface area (Å²) < 4.78 is 12.0. The lowest BCUT2D eigenvalue weighted by Crippen LogP contribution is -2.11. The molecule has 4 aromatic rings. The van der Waals surface area contributed by atoms with Crippen LogP contribution in [0.15, 0.2) is 63.9 Å². The van der Waals surface area contributed by atoms with Gasteiger partial charge in [0.25, 0.3) is 0 Å². The van der Waals surface area contributed by atoms with Crippen LogP contribution in [0.4, 0.5) is 0 Å². The maximum atomic E-state index is 12.5. The van der Waals surface area contributed by atoms with Crippen molar-refractivity contribution >= 4 is 29.1 Å². The van der Waals surface area contributed by atoms with Gasteiger partial charge in [-0.25, -0.2) is 9.48 Å². The minimum Gasteiger partial charge on any atom is -0.426 e. The quantitative estimate of drug-likeness (QED) is 0.301. The first-order valence-corrected chi connectivity index (χ1v) is 8.93. The SMILES string of the molecule is CC(=O)Oc1ccc2cc(-n3cc(/C=C/c4ccccc4)nn3)c(=O)oc2c1C.